The average molecular weight is 374 g/mol. The van der Waals surface area contributed by atoms with Crippen molar-refractivity contribution in [1.82, 2.24) is 15.3 Å². The minimum absolute atomic E-state index is 0.221. The van der Waals surface area contributed by atoms with E-state index in [1.54, 1.807) is 18.3 Å². The molecule has 2 heterocycles. The van der Waals surface area contributed by atoms with Crippen LogP contribution in [0.2, 0.25) is 0 Å². The number of aromatic nitrogens is 2. The highest BCUT2D eigenvalue weighted by Gasteiger charge is 2.24. The Kier molecular flexibility index (Phi) is 4.97. The molecule has 0 unspecified atom stereocenters. The smallest absolute Gasteiger partial charge is 0.270 e. The van der Waals surface area contributed by atoms with Gasteiger partial charge in [0.05, 0.1) is 18.1 Å². The van der Waals surface area contributed by atoms with E-state index in [4.69, 9.17) is 4.74 Å². The maximum absolute atomic E-state index is 12.6. The van der Waals surface area contributed by atoms with Gasteiger partial charge in [-0.05, 0) is 37.1 Å². The summed E-state index contributed by atoms with van der Waals surface area (Å²) in [6.45, 7) is 0. The van der Waals surface area contributed by atoms with Crippen molar-refractivity contribution >= 4 is 17.5 Å². The third kappa shape index (κ3) is 4.50. The van der Waals surface area contributed by atoms with Crippen LogP contribution in [0.25, 0.3) is 0 Å². The molecule has 0 bridgehead atoms. The summed E-state index contributed by atoms with van der Waals surface area (Å²) < 4.78 is 5.72. The molecule has 2 aromatic heterocycles. The Morgan fingerprint density at radius 3 is 2.57 bits per heavy atom. The minimum atomic E-state index is -0.360. The van der Waals surface area contributed by atoms with Gasteiger partial charge in [0.15, 0.2) is 0 Å². The molecule has 0 spiro atoms. The third-order valence-electron chi connectivity index (χ3n) is 4.12. The van der Waals surface area contributed by atoms with Crippen molar-refractivity contribution in [3.63, 3.8) is 0 Å². The van der Waals surface area contributed by atoms with Crippen LogP contribution in [0.3, 0.4) is 0 Å². The first-order valence-electron chi connectivity index (χ1n) is 8.93. The second-order valence-corrected chi connectivity index (χ2v) is 6.46. The zero-order chi connectivity index (χ0) is 19.3. The van der Waals surface area contributed by atoms with Crippen molar-refractivity contribution in [2.45, 2.75) is 18.9 Å². The van der Waals surface area contributed by atoms with Gasteiger partial charge in [0.1, 0.15) is 17.2 Å². The Labute approximate surface area is 161 Å². The first-order valence-corrected chi connectivity index (χ1v) is 8.93. The van der Waals surface area contributed by atoms with Gasteiger partial charge in [-0.2, -0.15) is 0 Å². The Morgan fingerprint density at radius 1 is 0.964 bits per heavy atom. The summed E-state index contributed by atoms with van der Waals surface area (Å²) in [4.78, 5) is 32.8. The van der Waals surface area contributed by atoms with E-state index in [1.807, 2.05) is 30.3 Å². The van der Waals surface area contributed by atoms with Crippen LogP contribution in [0.1, 0.15) is 33.7 Å². The Morgan fingerprint density at radius 2 is 1.79 bits per heavy atom. The number of pyridine rings is 2. The predicted molar refractivity (Wildman–Crippen MR) is 103 cm³/mol. The molecule has 2 amide bonds. The quantitative estimate of drug-likeness (QED) is 0.690. The van der Waals surface area contributed by atoms with Crippen LogP contribution in [-0.4, -0.2) is 27.8 Å². The van der Waals surface area contributed by atoms with Gasteiger partial charge in [-0.25, -0.2) is 0 Å². The monoisotopic (exact) mass is 374 g/mol. The number of benzene rings is 1. The SMILES string of the molecule is O=C(Nc1cncc(Oc2ccccc2)c1)c1ccnc(C(=O)NC2CC2)c1. The van der Waals surface area contributed by atoms with E-state index in [0.717, 1.165) is 12.8 Å². The third-order valence-corrected chi connectivity index (χ3v) is 4.12. The molecule has 0 aliphatic heterocycles. The van der Waals surface area contributed by atoms with Gasteiger partial charge in [0.25, 0.3) is 11.8 Å². The van der Waals surface area contributed by atoms with E-state index in [-0.39, 0.29) is 23.6 Å². The summed E-state index contributed by atoms with van der Waals surface area (Å²) in [6, 6.07) is 14.2. The summed E-state index contributed by atoms with van der Waals surface area (Å²) in [5, 5.41) is 5.62. The molecule has 1 aliphatic carbocycles. The highest BCUT2D eigenvalue weighted by molar-refractivity contribution is 6.05. The molecule has 4 rings (SSSR count). The number of para-hydroxylation sites is 1. The molecule has 140 valence electrons. The summed E-state index contributed by atoms with van der Waals surface area (Å²) in [5.41, 5.74) is 1.04. The van der Waals surface area contributed by atoms with Gasteiger partial charge in [-0.1, -0.05) is 18.2 Å². The number of hydrogen-bond acceptors (Lipinski definition) is 5. The molecule has 0 radical (unpaired) electrons. The Bertz CT molecular complexity index is 1000. The van der Waals surface area contributed by atoms with Crippen molar-refractivity contribution in [1.29, 1.82) is 0 Å². The van der Waals surface area contributed by atoms with Crippen LogP contribution in [0.5, 0.6) is 11.5 Å². The number of rotatable bonds is 6. The molecule has 0 saturated heterocycles. The maximum Gasteiger partial charge on any atom is 0.270 e. The highest BCUT2D eigenvalue weighted by atomic mass is 16.5. The fourth-order valence-electron chi connectivity index (χ4n) is 2.55. The van der Waals surface area contributed by atoms with E-state index >= 15 is 0 Å². The number of amides is 2. The number of carbonyl (C=O) groups is 2. The van der Waals surface area contributed by atoms with Crippen LogP contribution in [0.4, 0.5) is 5.69 Å². The lowest BCUT2D eigenvalue weighted by molar-refractivity contribution is 0.0946. The summed E-state index contributed by atoms with van der Waals surface area (Å²) >= 11 is 0. The normalized spacial score (nSPS) is 12.9. The Hall–Kier alpha value is -3.74. The van der Waals surface area contributed by atoms with Gasteiger partial charge >= 0.3 is 0 Å². The molecule has 0 atom stereocenters. The van der Waals surface area contributed by atoms with Crippen LogP contribution in [-0.2, 0) is 0 Å². The first kappa shape index (κ1) is 17.7. The number of nitrogens with zero attached hydrogens (tertiary/aromatic N) is 2. The second-order valence-electron chi connectivity index (χ2n) is 6.46. The van der Waals surface area contributed by atoms with E-state index in [0.29, 0.717) is 22.7 Å². The first-order chi connectivity index (χ1) is 13.7. The predicted octanol–water partition coefficient (Wildman–Crippen LogP) is 3.41. The number of anilines is 1. The van der Waals surface area contributed by atoms with Gasteiger partial charge in [-0.15, -0.1) is 0 Å². The molecule has 1 saturated carbocycles. The van der Waals surface area contributed by atoms with Crippen LogP contribution in [0.15, 0.2) is 67.1 Å². The largest absolute Gasteiger partial charge is 0.456 e. The van der Waals surface area contributed by atoms with Gasteiger partial charge in [0, 0.05) is 23.9 Å². The number of ether oxygens (including phenoxy) is 1. The molecule has 2 N–H and O–H groups in total. The standard InChI is InChI=1S/C21H18N4O3/c26-20(14-8-9-23-19(10-14)21(27)24-15-6-7-15)25-16-11-18(13-22-12-16)28-17-4-2-1-3-5-17/h1-5,8-13,15H,6-7H2,(H,24,27)(H,25,26). The van der Waals surface area contributed by atoms with E-state index in [9.17, 15) is 9.59 Å². The van der Waals surface area contributed by atoms with Gasteiger partial charge in [0.2, 0.25) is 0 Å². The van der Waals surface area contributed by atoms with Crippen LogP contribution in [0, 0.1) is 0 Å². The maximum atomic E-state index is 12.6. The average Bonchev–Trinajstić information content (AvgIpc) is 3.53. The van der Waals surface area contributed by atoms with Gasteiger partial charge < -0.3 is 15.4 Å². The van der Waals surface area contributed by atoms with Crippen LogP contribution < -0.4 is 15.4 Å². The topological polar surface area (TPSA) is 93.2 Å². The van der Waals surface area contributed by atoms with Crippen molar-refractivity contribution in [2.75, 3.05) is 5.32 Å². The second kappa shape index (κ2) is 7.87. The van der Waals surface area contributed by atoms with Gasteiger partial charge in [-0.3, -0.25) is 19.6 Å². The lowest BCUT2D eigenvalue weighted by Gasteiger charge is -2.09. The van der Waals surface area contributed by atoms with Crippen molar-refractivity contribution in [3.05, 3.63) is 78.4 Å². The molecule has 28 heavy (non-hydrogen) atoms. The zero-order valence-corrected chi connectivity index (χ0v) is 15.0. The minimum Gasteiger partial charge on any atom is -0.456 e. The Balaban J connectivity index is 1.44. The number of hydrogen-bond donors (Lipinski definition) is 2. The molecule has 7 heteroatoms. The molecular formula is C21H18N4O3. The summed E-state index contributed by atoms with van der Waals surface area (Å²) in [7, 11) is 0. The van der Waals surface area contributed by atoms with Crippen LogP contribution >= 0.6 is 0 Å². The zero-order valence-electron chi connectivity index (χ0n) is 15.0. The molecule has 1 aliphatic rings. The fourth-order valence-corrected chi connectivity index (χ4v) is 2.55. The van der Waals surface area contributed by atoms with E-state index < -0.39 is 0 Å². The van der Waals surface area contributed by atoms with E-state index in [2.05, 4.69) is 20.6 Å². The van der Waals surface area contributed by atoms with Crippen molar-refractivity contribution < 1.29 is 14.3 Å². The molecular weight excluding hydrogens is 356 g/mol. The van der Waals surface area contributed by atoms with Crippen molar-refractivity contribution in [2.24, 2.45) is 0 Å². The summed E-state index contributed by atoms with van der Waals surface area (Å²) in [5.74, 6) is 0.551. The highest BCUT2D eigenvalue weighted by Crippen LogP contribution is 2.23. The fraction of sp³-hybridized carbons (Fsp3) is 0.143. The number of nitrogens with one attached hydrogen (secondary N) is 2. The molecule has 1 aromatic carbocycles. The molecule has 7 nitrogen and oxygen atoms in total. The lowest BCUT2D eigenvalue weighted by Crippen LogP contribution is -2.26. The lowest BCUT2D eigenvalue weighted by atomic mass is 10.2. The van der Waals surface area contributed by atoms with E-state index in [1.165, 1.54) is 18.5 Å². The molecule has 1 fully saturated rings. The van der Waals surface area contributed by atoms with Crippen molar-refractivity contribution in [3.8, 4) is 11.5 Å². The summed E-state index contributed by atoms with van der Waals surface area (Å²) in [6.07, 6.45) is 6.51. The number of carbonyl (C=O) groups excluding carboxylic acids is 2. The molecule has 3 aromatic rings.